The van der Waals surface area contributed by atoms with E-state index >= 15 is 0 Å². The molecule has 2 heterocycles. The Kier molecular flexibility index (Phi) is 6.10. The fourth-order valence-corrected chi connectivity index (χ4v) is 3.78. The molecule has 0 bridgehead atoms. The van der Waals surface area contributed by atoms with E-state index < -0.39 is 17.7 Å². The van der Waals surface area contributed by atoms with Crippen molar-refractivity contribution in [2.75, 3.05) is 6.61 Å². The number of aromatic nitrogens is 2. The number of carbonyl (C=O) groups excluding carboxylic acids is 1. The lowest BCUT2D eigenvalue weighted by molar-refractivity contribution is -0.142. The molecule has 0 saturated carbocycles. The van der Waals surface area contributed by atoms with Crippen molar-refractivity contribution in [1.82, 2.24) is 9.97 Å². The van der Waals surface area contributed by atoms with Crippen molar-refractivity contribution in [2.45, 2.75) is 32.9 Å². The van der Waals surface area contributed by atoms with Crippen LogP contribution < -0.4 is 0 Å². The molecular weight excluding hydrogens is 428 g/mol. The molecule has 154 valence electrons. The molecule has 29 heavy (non-hydrogen) atoms. The topological polar surface area (TPSA) is 55.0 Å². The summed E-state index contributed by atoms with van der Waals surface area (Å²) < 4.78 is 44.1. The van der Waals surface area contributed by atoms with Crippen LogP contribution in [-0.4, -0.2) is 22.5 Å². The van der Waals surface area contributed by atoms with Crippen molar-refractivity contribution < 1.29 is 22.7 Å². The first-order chi connectivity index (χ1) is 13.6. The quantitative estimate of drug-likeness (QED) is 0.498. The summed E-state index contributed by atoms with van der Waals surface area (Å²) >= 11 is 12.7. The number of nitrogens with one attached hydrogen (secondary N) is 1. The van der Waals surface area contributed by atoms with Crippen LogP contribution in [0.5, 0.6) is 0 Å². The number of esters is 1. The summed E-state index contributed by atoms with van der Waals surface area (Å²) in [6.45, 7) is 3.56. The number of rotatable bonds is 5. The molecule has 0 aliphatic rings. The minimum absolute atomic E-state index is 0.0985. The van der Waals surface area contributed by atoms with Gasteiger partial charge in [0.15, 0.2) is 0 Å². The van der Waals surface area contributed by atoms with E-state index in [9.17, 15) is 18.0 Å². The van der Waals surface area contributed by atoms with Gasteiger partial charge in [0.05, 0.1) is 34.3 Å². The van der Waals surface area contributed by atoms with Crippen molar-refractivity contribution in [3.05, 3.63) is 62.5 Å². The van der Waals surface area contributed by atoms with E-state index in [4.69, 9.17) is 27.9 Å². The summed E-state index contributed by atoms with van der Waals surface area (Å²) in [5.41, 5.74) is 1.76. The van der Waals surface area contributed by atoms with Gasteiger partial charge in [-0.1, -0.05) is 23.2 Å². The number of aryl methyl sites for hydroxylation is 1. The van der Waals surface area contributed by atoms with E-state index in [1.54, 1.807) is 20.0 Å². The molecule has 0 radical (unpaired) electrons. The van der Waals surface area contributed by atoms with Crippen LogP contribution in [0.25, 0.3) is 10.9 Å². The molecule has 0 fully saturated rings. The Bertz CT molecular complexity index is 1080. The Balaban J connectivity index is 2.00. The highest BCUT2D eigenvalue weighted by molar-refractivity contribution is 6.36. The number of carbonyl (C=O) groups is 1. The maximum Gasteiger partial charge on any atom is 0.416 e. The van der Waals surface area contributed by atoms with E-state index in [2.05, 4.69) is 9.97 Å². The van der Waals surface area contributed by atoms with Gasteiger partial charge in [-0.2, -0.15) is 13.2 Å². The molecule has 0 atom stereocenters. The predicted molar refractivity (Wildman–Crippen MR) is 105 cm³/mol. The summed E-state index contributed by atoms with van der Waals surface area (Å²) in [4.78, 5) is 18.8. The Morgan fingerprint density at radius 1 is 1.28 bits per heavy atom. The van der Waals surface area contributed by atoms with Gasteiger partial charge in [-0.15, -0.1) is 0 Å². The van der Waals surface area contributed by atoms with Crippen molar-refractivity contribution in [3.8, 4) is 0 Å². The maximum absolute atomic E-state index is 13.1. The summed E-state index contributed by atoms with van der Waals surface area (Å²) in [7, 11) is 0. The first-order valence-corrected chi connectivity index (χ1v) is 9.52. The van der Waals surface area contributed by atoms with Gasteiger partial charge in [-0.3, -0.25) is 9.78 Å². The normalized spacial score (nSPS) is 11.8. The van der Waals surface area contributed by atoms with Crippen LogP contribution in [0, 0.1) is 6.92 Å². The molecule has 0 unspecified atom stereocenters. The van der Waals surface area contributed by atoms with Gasteiger partial charge in [0.2, 0.25) is 0 Å². The lowest BCUT2D eigenvalue weighted by Gasteiger charge is -2.12. The third kappa shape index (κ3) is 4.51. The van der Waals surface area contributed by atoms with Crippen LogP contribution in [0.15, 0.2) is 24.5 Å². The SMILES string of the molecule is CCOC(=O)Cc1ncc(Cl)c(Cc2c[nH]c3cc(C(F)(F)F)cc(C)c23)c1Cl. The molecule has 9 heteroatoms. The Morgan fingerprint density at radius 3 is 2.66 bits per heavy atom. The van der Waals surface area contributed by atoms with Crippen LogP contribution in [0.1, 0.15) is 34.9 Å². The Morgan fingerprint density at radius 2 is 2.00 bits per heavy atom. The van der Waals surface area contributed by atoms with Crippen LogP contribution in [-0.2, 0) is 28.5 Å². The van der Waals surface area contributed by atoms with Crippen molar-refractivity contribution in [2.24, 2.45) is 0 Å². The highest BCUT2D eigenvalue weighted by Crippen LogP contribution is 2.36. The minimum atomic E-state index is -4.43. The monoisotopic (exact) mass is 444 g/mol. The first-order valence-electron chi connectivity index (χ1n) is 8.77. The molecule has 2 aromatic heterocycles. The number of H-pyrrole nitrogens is 1. The average Bonchev–Trinajstić information content (AvgIpc) is 3.04. The molecule has 1 N–H and O–H groups in total. The number of fused-ring (bicyclic) bond motifs is 1. The zero-order chi connectivity index (χ0) is 21.3. The smallest absolute Gasteiger partial charge is 0.416 e. The third-order valence-corrected chi connectivity index (χ3v) is 5.28. The van der Waals surface area contributed by atoms with E-state index in [-0.39, 0.29) is 24.5 Å². The summed E-state index contributed by atoms with van der Waals surface area (Å²) in [5.74, 6) is -0.460. The van der Waals surface area contributed by atoms with Crippen LogP contribution in [0.2, 0.25) is 10.0 Å². The van der Waals surface area contributed by atoms with E-state index in [1.165, 1.54) is 6.20 Å². The molecule has 0 amide bonds. The fourth-order valence-electron chi connectivity index (χ4n) is 3.24. The second-order valence-corrected chi connectivity index (χ2v) is 7.32. The zero-order valence-corrected chi connectivity index (χ0v) is 17.1. The van der Waals surface area contributed by atoms with Gasteiger partial charge in [0.1, 0.15) is 0 Å². The molecule has 4 nitrogen and oxygen atoms in total. The number of hydrogen-bond donors (Lipinski definition) is 1. The summed E-state index contributed by atoms with van der Waals surface area (Å²) in [6.07, 6.45) is -1.22. The maximum atomic E-state index is 13.1. The fraction of sp³-hybridized carbons (Fsp3) is 0.300. The van der Waals surface area contributed by atoms with Gasteiger partial charge >= 0.3 is 12.1 Å². The van der Waals surface area contributed by atoms with Crippen molar-refractivity contribution in [1.29, 1.82) is 0 Å². The minimum Gasteiger partial charge on any atom is -0.466 e. The highest BCUT2D eigenvalue weighted by Gasteiger charge is 2.31. The first kappa shape index (κ1) is 21.5. The Hall–Kier alpha value is -2.25. The molecule has 0 aliphatic carbocycles. The van der Waals surface area contributed by atoms with E-state index in [1.807, 2.05) is 0 Å². The van der Waals surface area contributed by atoms with Crippen molar-refractivity contribution in [3.63, 3.8) is 0 Å². The van der Waals surface area contributed by atoms with Gasteiger partial charge < -0.3 is 9.72 Å². The zero-order valence-electron chi connectivity index (χ0n) is 15.6. The Labute approximate surface area is 175 Å². The molecular formula is C20H17Cl2F3N2O2. The second-order valence-electron chi connectivity index (χ2n) is 6.53. The molecule has 3 rings (SSSR count). The average molecular weight is 445 g/mol. The van der Waals surface area contributed by atoms with Gasteiger partial charge in [0, 0.05) is 29.7 Å². The number of hydrogen-bond acceptors (Lipinski definition) is 3. The summed E-state index contributed by atoms with van der Waals surface area (Å²) in [6, 6.07) is 2.19. The number of alkyl halides is 3. The number of ether oxygens (including phenoxy) is 1. The van der Waals surface area contributed by atoms with E-state index in [0.717, 1.165) is 17.7 Å². The predicted octanol–water partition coefficient (Wildman–Crippen LogP) is 5.89. The van der Waals surface area contributed by atoms with Crippen LogP contribution >= 0.6 is 23.2 Å². The molecule has 3 aromatic rings. The van der Waals surface area contributed by atoms with Crippen molar-refractivity contribution >= 4 is 40.1 Å². The largest absolute Gasteiger partial charge is 0.466 e. The lowest BCUT2D eigenvalue weighted by atomic mass is 9.99. The van der Waals surface area contributed by atoms with E-state index in [0.29, 0.717) is 32.7 Å². The van der Waals surface area contributed by atoms with Gasteiger partial charge in [0.25, 0.3) is 0 Å². The standard InChI is InChI=1S/C20H17Cl2F3N2O2/c1-3-29-17(28)7-16-19(22)13(14(21)9-27-16)5-11-8-26-15-6-12(20(23,24)25)4-10(2)18(11)15/h4,6,8-9,26H,3,5,7H2,1-2H3. The van der Waals surface area contributed by atoms with Crippen LogP contribution in [0.4, 0.5) is 13.2 Å². The number of nitrogens with zero attached hydrogens (tertiary/aromatic N) is 1. The summed E-state index contributed by atoms with van der Waals surface area (Å²) in [5, 5.41) is 1.22. The molecule has 0 aliphatic heterocycles. The number of benzene rings is 1. The van der Waals surface area contributed by atoms with Gasteiger partial charge in [-0.05, 0) is 42.7 Å². The second kappa shape index (κ2) is 8.24. The van der Waals surface area contributed by atoms with Gasteiger partial charge in [-0.25, -0.2) is 0 Å². The third-order valence-electron chi connectivity index (χ3n) is 4.51. The number of pyridine rings is 1. The molecule has 0 spiro atoms. The number of halogens is 5. The molecule has 1 aromatic carbocycles. The molecule has 0 saturated heterocycles. The highest BCUT2D eigenvalue weighted by atomic mass is 35.5. The number of aromatic amines is 1. The van der Waals surface area contributed by atoms with Crippen LogP contribution in [0.3, 0.4) is 0 Å². The lowest BCUT2D eigenvalue weighted by Crippen LogP contribution is -2.10.